The highest BCUT2D eigenvalue weighted by atomic mass is 16.4. The third-order valence-corrected chi connectivity index (χ3v) is 2.12. The van der Waals surface area contributed by atoms with Crippen LogP contribution in [0.1, 0.15) is 26.2 Å². The largest absolute Gasteiger partial charge is 0.409 e. The van der Waals surface area contributed by atoms with Gasteiger partial charge >= 0.3 is 0 Å². The van der Waals surface area contributed by atoms with E-state index in [2.05, 4.69) is 10.5 Å². The Bertz CT molecular complexity index is 223. The highest BCUT2D eigenvalue weighted by Gasteiger charge is 2.28. The lowest BCUT2D eigenvalue weighted by molar-refractivity contribution is -0.123. The molecule has 1 amide bonds. The molecule has 0 aliphatic heterocycles. The summed E-state index contributed by atoms with van der Waals surface area (Å²) in [4.78, 5) is 11.4. The first-order chi connectivity index (χ1) is 6.19. The fourth-order valence-electron chi connectivity index (χ4n) is 1.13. The monoisotopic (exact) mass is 185 g/mol. The number of hydrogen-bond donors (Lipinski definition) is 3. The van der Waals surface area contributed by atoms with Crippen molar-refractivity contribution in [2.24, 2.45) is 16.8 Å². The molecule has 1 saturated carbocycles. The van der Waals surface area contributed by atoms with Crippen molar-refractivity contribution in [3.63, 3.8) is 0 Å². The second-order valence-electron chi connectivity index (χ2n) is 3.27. The first kappa shape index (κ1) is 9.83. The molecule has 1 aliphatic rings. The summed E-state index contributed by atoms with van der Waals surface area (Å²) in [5, 5.41) is 14.1. The van der Waals surface area contributed by atoms with E-state index in [1.54, 1.807) is 0 Å². The summed E-state index contributed by atoms with van der Waals surface area (Å²) in [6.07, 6.45) is 2.63. The number of nitrogens with one attached hydrogen (secondary N) is 1. The molecule has 5 heteroatoms. The molecule has 13 heavy (non-hydrogen) atoms. The third kappa shape index (κ3) is 2.61. The maximum absolute atomic E-state index is 11.4. The number of carbonyl (C=O) groups excluding carboxylic acids is 1. The van der Waals surface area contributed by atoms with Crippen LogP contribution in [0.15, 0.2) is 5.16 Å². The summed E-state index contributed by atoms with van der Waals surface area (Å²) in [5.74, 6) is -0.647. The van der Waals surface area contributed by atoms with Gasteiger partial charge in [-0.3, -0.25) is 4.79 Å². The van der Waals surface area contributed by atoms with Crippen LogP contribution in [0.25, 0.3) is 0 Å². The molecule has 74 valence electrons. The van der Waals surface area contributed by atoms with Gasteiger partial charge in [0.15, 0.2) is 5.84 Å². The Balaban J connectivity index is 2.48. The summed E-state index contributed by atoms with van der Waals surface area (Å²) in [7, 11) is 0. The molecule has 4 N–H and O–H groups in total. The van der Waals surface area contributed by atoms with Gasteiger partial charge in [0.05, 0.1) is 5.92 Å². The second kappa shape index (κ2) is 4.11. The molecule has 0 aromatic heterocycles. The summed E-state index contributed by atoms with van der Waals surface area (Å²) in [6, 6.07) is 0.313. The molecule has 0 heterocycles. The fourth-order valence-corrected chi connectivity index (χ4v) is 1.13. The van der Waals surface area contributed by atoms with E-state index in [1.165, 1.54) is 0 Å². The van der Waals surface area contributed by atoms with E-state index in [4.69, 9.17) is 10.9 Å². The van der Waals surface area contributed by atoms with Crippen molar-refractivity contribution in [3.05, 3.63) is 0 Å². The lowest BCUT2D eigenvalue weighted by Crippen LogP contribution is -2.39. The molecule has 0 radical (unpaired) electrons. The molecule has 0 saturated heterocycles. The van der Waals surface area contributed by atoms with Crippen LogP contribution in [0.3, 0.4) is 0 Å². The minimum absolute atomic E-state index is 0.0133. The molecule has 0 spiro atoms. The van der Waals surface area contributed by atoms with Crippen molar-refractivity contribution in [1.82, 2.24) is 5.32 Å². The maximum atomic E-state index is 11.4. The van der Waals surface area contributed by atoms with Crippen molar-refractivity contribution >= 4 is 11.7 Å². The smallest absolute Gasteiger partial charge is 0.231 e. The fraction of sp³-hybridized carbons (Fsp3) is 0.750. The highest BCUT2D eigenvalue weighted by molar-refractivity contribution is 6.02. The molecular weight excluding hydrogens is 170 g/mol. The molecule has 0 aromatic carbocycles. The van der Waals surface area contributed by atoms with Crippen molar-refractivity contribution < 1.29 is 10.0 Å². The van der Waals surface area contributed by atoms with E-state index < -0.39 is 5.92 Å². The molecule has 1 atom stereocenters. The first-order valence-corrected chi connectivity index (χ1v) is 4.46. The van der Waals surface area contributed by atoms with Crippen LogP contribution in [0, 0.1) is 5.92 Å². The summed E-state index contributed by atoms with van der Waals surface area (Å²) in [6.45, 7) is 1.83. The maximum Gasteiger partial charge on any atom is 0.231 e. The van der Waals surface area contributed by atoms with Crippen molar-refractivity contribution in [2.45, 2.75) is 32.2 Å². The van der Waals surface area contributed by atoms with Crippen molar-refractivity contribution in [3.8, 4) is 0 Å². The number of nitrogens with two attached hydrogens (primary N) is 1. The van der Waals surface area contributed by atoms with Crippen LogP contribution < -0.4 is 11.1 Å². The molecule has 1 unspecified atom stereocenters. The number of nitrogens with zero attached hydrogens (tertiary/aromatic N) is 1. The van der Waals surface area contributed by atoms with Gasteiger partial charge in [-0.1, -0.05) is 12.1 Å². The molecule has 1 fully saturated rings. The topological polar surface area (TPSA) is 87.7 Å². The van der Waals surface area contributed by atoms with Crippen LogP contribution in [-0.4, -0.2) is 23.0 Å². The van der Waals surface area contributed by atoms with Crippen molar-refractivity contribution in [2.75, 3.05) is 0 Å². The van der Waals surface area contributed by atoms with Gasteiger partial charge < -0.3 is 16.3 Å². The van der Waals surface area contributed by atoms with Gasteiger partial charge in [0.2, 0.25) is 5.91 Å². The predicted octanol–water partition coefficient (Wildman–Crippen LogP) is 0.0376. The predicted molar refractivity (Wildman–Crippen MR) is 48.4 cm³/mol. The summed E-state index contributed by atoms with van der Waals surface area (Å²) >= 11 is 0. The second-order valence-corrected chi connectivity index (χ2v) is 3.27. The van der Waals surface area contributed by atoms with Crippen LogP contribution in [0.2, 0.25) is 0 Å². The Hall–Kier alpha value is -1.26. The Morgan fingerprint density at radius 2 is 2.38 bits per heavy atom. The number of amidine groups is 1. The van der Waals surface area contributed by atoms with E-state index in [1.807, 2.05) is 6.92 Å². The molecule has 1 rings (SSSR count). The normalized spacial score (nSPS) is 19.6. The van der Waals surface area contributed by atoms with E-state index in [9.17, 15) is 4.79 Å². The van der Waals surface area contributed by atoms with Gasteiger partial charge in [-0.15, -0.1) is 0 Å². The number of oxime groups is 1. The highest BCUT2D eigenvalue weighted by Crippen LogP contribution is 2.19. The standard InChI is InChI=1S/C8H15N3O2/c1-2-6(7(9)11-13)8(12)10-5-3-4-5/h5-6,13H,2-4H2,1H3,(H2,9,11)(H,10,12). The van der Waals surface area contributed by atoms with Crippen LogP contribution in [0.4, 0.5) is 0 Å². The number of carbonyl (C=O) groups is 1. The SMILES string of the molecule is CCC(C(=O)NC1CC1)C(N)=NO. The zero-order valence-corrected chi connectivity index (χ0v) is 7.66. The first-order valence-electron chi connectivity index (χ1n) is 4.46. The molecule has 5 nitrogen and oxygen atoms in total. The lowest BCUT2D eigenvalue weighted by Gasteiger charge is -2.12. The average molecular weight is 185 g/mol. The van der Waals surface area contributed by atoms with Gasteiger partial charge in [0.1, 0.15) is 0 Å². The van der Waals surface area contributed by atoms with Crippen molar-refractivity contribution in [1.29, 1.82) is 0 Å². The van der Waals surface area contributed by atoms with Gasteiger partial charge in [0, 0.05) is 6.04 Å². The summed E-state index contributed by atoms with van der Waals surface area (Å²) < 4.78 is 0. The minimum atomic E-state index is -0.495. The molecule has 0 aromatic rings. The van der Waals surface area contributed by atoms with Gasteiger partial charge in [-0.2, -0.15) is 0 Å². The van der Waals surface area contributed by atoms with E-state index in [0.29, 0.717) is 12.5 Å². The van der Waals surface area contributed by atoms with E-state index >= 15 is 0 Å². The zero-order valence-electron chi connectivity index (χ0n) is 7.66. The third-order valence-electron chi connectivity index (χ3n) is 2.12. The molecule has 0 bridgehead atoms. The van der Waals surface area contributed by atoms with Gasteiger partial charge in [0.25, 0.3) is 0 Å². The number of amides is 1. The quantitative estimate of drug-likeness (QED) is 0.250. The Labute approximate surface area is 77.0 Å². The molecular formula is C8H15N3O2. The van der Waals surface area contributed by atoms with E-state index in [-0.39, 0.29) is 11.7 Å². The number of rotatable bonds is 4. The average Bonchev–Trinajstić information content (AvgIpc) is 2.89. The van der Waals surface area contributed by atoms with Crippen LogP contribution in [0.5, 0.6) is 0 Å². The Kier molecular flexibility index (Phi) is 3.11. The van der Waals surface area contributed by atoms with Gasteiger partial charge in [-0.05, 0) is 19.3 Å². The van der Waals surface area contributed by atoms with Gasteiger partial charge in [-0.25, -0.2) is 0 Å². The van der Waals surface area contributed by atoms with E-state index in [0.717, 1.165) is 12.8 Å². The summed E-state index contributed by atoms with van der Waals surface area (Å²) in [5.41, 5.74) is 5.36. The molecule has 1 aliphatic carbocycles. The number of hydrogen-bond acceptors (Lipinski definition) is 3. The van der Waals surface area contributed by atoms with Crippen LogP contribution >= 0.6 is 0 Å². The Morgan fingerprint density at radius 1 is 1.77 bits per heavy atom. The zero-order chi connectivity index (χ0) is 9.84. The van der Waals surface area contributed by atoms with Crippen LogP contribution in [-0.2, 0) is 4.79 Å². The Morgan fingerprint density at radius 3 is 2.77 bits per heavy atom. The lowest BCUT2D eigenvalue weighted by atomic mass is 10.1. The minimum Gasteiger partial charge on any atom is -0.409 e.